The van der Waals surface area contributed by atoms with E-state index in [1.165, 1.54) is 13.8 Å². The molecule has 0 bridgehead atoms. The van der Waals surface area contributed by atoms with Gasteiger partial charge in [-0.3, -0.25) is 18.2 Å². The Morgan fingerprint density at radius 3 is 1.27 bits per heavy atom. The number of phenols is 1. The molecule has 7 N–H and O–H groups in total. The highest BCUT2D eigenvalue weighted by molar-refractivity contribution is 7.92. The number of fused-ring (bicyclic) bond motifs is 1. The second kappa shape index (κ2) is 18.0. The fourth-order valence-electron chi connectivity index (χ4n) is 5.49. The van der Waals surface area contributed by atoms with Gasteiger partial charge < -0.3 is 20.3 Å². The lowest BCUT2D eigenvalue weighted by Gasteiger charge is -2.15. The lowest BCUT2D eigenvalue weighted by Crippen LogP contribution is -2.16. The van der Waals surface area contributed by atoms with Gasteiger partial charge in [-0.05, 0) is 54.6 Å². The molecule has 26 nitrogen and oxygen atoms in total. The van der Waals surface area contributed by atoms with Crippen LogP contribution in [0.5, 0.6) is 17.2 Å². The first-order valence-corrected chi connectivity index (χ1v) is 25.2. The molecule has 0 unspecified atom stereocenters. The summed E-state index contributed by atoms with van der Waals surface area (Å²) in [6, 6.07) is 5.26. The lowest BCUT2D eigenvalue weighted by atomic mass is 10.1. The molecule has 4 aromatic carbocycles. The van der Waals surface area contributed by atoms with Crippen molar-refractivity contribution in [2.75, 3.05) is 44.7 Å². The normalized spacial score (nSPS) is 13.4. The third-order valence-corrected chi connectivity index (χ3v) is 14.5. The van der Waals surface area contributed by atoms with Crippen molar-refractivity contribution in [1.82, 2.24) is 0 Å². The summed E-state index contributed by atoms with van der Waals surface area (Å²) in [4.78, 5) is -3.12. The molecule has 4 rings (SSSR count). The molecule has 62 heavy (non-hydrogen) atoms. The fourth-order valence-corrected chi connectivity index (χ4v) is 10.3. The van der Waals surface area contributed by atoms with Gasteiger partial charge in [-0.2, -0.15) is 33.7 Å². The number of ether oxygens (including phenoxy) is 2. The smallest absolute Gasteiger partial charge is 0.397 e. The summed E-state index contributed by atoms with van der Waals surface area (Å²) in [7, 11) is -27.1. The van der Waals surface area contributed by atoms with Gasteiger partial charge in [0.05, 0.1) is 59.8 Å². The van der Waals surface area contributed by atoms with Crippen molar-refractivity contribution in [2.24, 2.45) is 20.5 Å². The van der Waals surface area contributed by atoms with Gasteiger partial charge in [-0.15, -0.1) is 20.5 Å². The van der Waals surface area contributed by atoms with Crippen LogP contribution in [0.1, 0.15) is 11.1 Å². The fraction of sp³-hybridized carbons (Fsp3) is 0.267. The molecule has 0 aliphatic carbocycles. The van der Waals surface area contributed by atoms with Crippen molar-refractivity contribution >= 4 is 99.9 Å². The van der Waals surface area contributed by atoms with E-state index in [-0.39, 0.29) is 34.0 Å². The largest absolute Gasteiger partial charge is 0.505 e. The second-order valence-electron chi connectivity index (χ2n) is 12.4. The molecular weight excluding hydrogens is 959 g/mol. The van der Waals surface area contributed by atoms with Gasteiger partial charge >= 0.3 is 20.8 Å². The van der Waals surface area contributed by atoms with Crippen LogP contribution < -0.4 is 15.2 Å². The summed E-state index contributed by atoms with van der Waals surface area (Å²) >= 11 is 0. The first-order chi connectivity index (χ1) is 28.3. The third-order valence-electron chi connectivity index (χ3n) is 8.18. The van der Waals surface area contributed by atoms with Crippen LogP contribution in [0.25, 0.3) is 10.8 Å². The van der Waals surface area contributed by atoms with Crippen molar-refractivity contribution in [3.63, 3.8) is 0 Å². The van der Waals surface area contributed by atoms with Crippen LogP contribution in [0.4, 0.5) is 28.4 Å². The Morgan fingerprint density at radius 2 is 0.919 bits per heavy atom. The van der Waals surface area contributed by atoms with E-state index in [2.05, 4.69) is 28.8 Å². The Kier molecular flexibility index (Phi) is 14.4. The molecule has 0 aromatic heterocycles. The van der Waals surface area contributed by atoms with Crippen molar-refractivity contribution in [2.45, 2.75) is 33.4 Å². The minimum Gasteiger partial charge on any atom is -0.505 e. The SMILES string of the molecule is COc1cc(S(=O)(=O)CCOS(=O)(=O)O)c(C)cc1/N=N/c1c(S(=O)(=O)O)cc2cc(S(=O)(=O)O)c(/N=N/c3cc(C)c(S(=O)(=O)CCOS(=O)(=O)O)cc3OC)c(O)c2c1N. The number of azo groups is 2. The number of nitrogens with zero attached hydrogens (tertiary/aromatic N) is 4. The van der Waals surface area contributed by atoms with E-state index in [0.717, 1.165) is 38.5 Å². The predicted octanol–water partition coefficient (Wildman–Crippen LogP) is 3.27. The minimum absolute atomic E-state index is 0.0353. The summed E-state index contributed by atoms with van der Waals surface area (Å²) in [5.74, 6) is -3.66. The molecule has 340 valence electrons. The summed E-state index contributed by atoms with van der Waals surface area (Å²) < 4.78 is 202. The predicted molar refractivity (Wildman–Crippen MR) is 213 cm³/mol. The first-order valence-electron chi connectivity index (χ1n) is 16.3. The van der Waals surface area contributed by atoms with Crippen LogP contribution in [-0.4, -0.2) is 113 Å². The van der Waals surface area contributed by atoms with E-state index in [1.54, 1.807) is 0 Å². The number of methoxy groups -OCH3 is 2. The van der Waals surface area contributed by atoms with Gasteiger partial charge in [0, 0.05) is 12.1 Å². The zero-order valence-corrected chi connectivity index (χ0v) is 36.8. The number of anilines is 1. The Balaban J connectivity index is 1.90. The number of aryl methyl sites for hydroxylation is 2. The summed E-state index contributed by atoms with van der Waals surface area (Å²) in [5, 5.41) is 25.6. The molecule has 0 amide bonds. The maximum absolute atomic E-state index is 12.9. The van der Waals surface area contributed by atoms with E-state index >= 15 is 0 Å². The zero-order chi connectivity index (χ0) is 47.0. The van der Waals surface area contributed by atoms with Crippen molar-refractivity contribution in [1.29, 1.82) is 0 Å². The lowest BCUT2D eigenvalue weighted by molar-refractivity contribution is 0.282. The van der Waals surface area contributed by atoms with Crippen LogP contribution >= 0.6 is 0 Å². The molecule has 0 atom stereocenters. The first kappa shape index (κ1) is 49.7. The van der Waals surface area contributed by atoms with E-state index in [0.29, 0.717) is 12.1 Å². The number of hydrogen-bond acceptors (Lipinski definition) is 22. The average Bonchev–Trinajstić information content (AvgIpc) is 3.11. The maximum atomic E-state index is 12.9. The Morgan fingerprint density at radius 1 is 0.548 bits per heavy atom. The third kappa shape index (κ3) is 11.7. The molecule has 4 aromatic rings. The minimum atomic E-state index is -5.37. The van der Waals surface area contributed by atoms with E-state index in [9.17, 15) is 64.7 Å². The van der Waals surface area contributed by atoms with Crippen LogP contribution in [-0.2, 0) is 69.1 Å². The van der Waals surface area contributed by atoms with Gasteiger partial charge in [0.15, 0.2) is 25.4 Å². The number of benzene rings is 4. The van der Waals surface area contributed by atoms with E-state index in [4.69, 9.17) is 24.3 Å². The molecule has 0 heterocycles. The average molecular weight is 992 g/mol. The number of phenolic OH excluding ortho intramolecular Hbond substituents is 1. The van der Waals surface area contributed by atoms with Gasteiger partial charge in [-0.1, -0.05) is 0 Å². The number of nitrogen functional groups attached to an aromatic ring is 1. The number of sulfone groups is 2. The number of nitrogens with two attached hydrogens (primary N) is 1. The Labute approximate surface area is 353 Å². The number of aromatic hydroxyl groups is 1. The molecule has 0 spiro atoms. The van der Waals surface area contributed by atoms with Gasteiger partial charge in [0.25, 0.3) is 20.2 Å². The van der Waals surface area contributed by atoms with Crippen LogP contribution in [0.3, 0.4) is 0 Å². The van der Waals surface area contributed by atoms with Crippen molar-refractivity contribution < 1.29 is 91.7 Å². The molecular formula is C30H33N5O21S6. The van der Waals surface area contributed by atoms with Crippen LogP contribution in [0, 0.1) is 13.8 Å². The van der Waals surface area contributed by atoms with Gasteiger partial charge in [-0.25, -0.2) is 25.2 Å². The Bertz CT molecular complexity index is 3020. The quantitative estimate of drug-likeness (QED) is 0.0473. The number of hydrogen-bond donors (Lipinski definition) is 6. The highest BCUT2D eigenvalue weighted by atomic mass is 32.3. The molecule has 0 aliphatic rings. The molecule has 0 saturated carbocycles. The molecule has 0 fully saturated rings. The maximum Gasteiger partial charge on any atom is 0.397 e. The zero-order valence-electron chi connectivity index (χ0n) is 31.9. The summed E-state index contributed by atoms with van der Waals surface area (Å²) in [5.41, 5.74) is 2.89. The molecule has 0 radical (unpaired) electrons. The number of rotatable bonds is 18. The van der Waals surface area contributed by atoms with Crippen LogP contribution in [0.15, 0.2) is 76.4 Å². The second-order valence-corrected chi connectivity index (χ2v) is 21.5. The van der Waals surface area contributed by atoms with Crippen molar-refractivity contribution in [3.05, 3.63) is 47.5 Å². The van der Waals surface area contributed by atoms with Crippen LogP contribution in [0.2, 0.25) is 0 Å². The van der Waals surface area contributed by atoms with Gasteiger partial charge in [0.2, 0.25) is 0 Å². The Hall–Kier alpha value is -5.00. The summed E-state index contributed by atoms with van der Waals surface area (Å²) in [6.07, 6.45) is 0. The highest BCUT2D eigenvalue weighted by Gasteiger charge is 2.29. The topological polar surface area (TPSA) is 418 Å². The summed E-state index contributed by atoms with van der Waals surface area (Å²) in [6.45, 7) is 0.637. The van der Waals surface area contributed by atoms with Gasteiger partial charge in [0.1, 0.15) is 44.0 Å². The van der Waals surface area contributed by atoms with E-state index < -0.39 is 139 Å². The molecule has 0 aliphatic heterocycles. The highest BCUT2D eigenvalue weighted by Crippen LogP contribution is 2.49. The molecule has 32 heteroatoms. The monoisotopic (exact) mass is 991 g/mol. The van der Waals surface area contributed by atoms with E-state index in [1.807, 2.05) is 0 Å². The standard InChI is InChI=1S/C30H33N5O21S6/c1-15-9-18(20(53-3)13-22(15)57(37,38)7-5-55-61(47,48)49)32-34-28-24(59(41,42)43)11-17-12-25(60(44,45)46)29(30(36)26(17)27(28)31)35-33-19-10-16(2)23(14-21(19)54-4)58(39,40)8-6-56-62(50,51)52/h9-14,36H,5-8,31H2,1-4H3,(H,41,42,43)(H,44,45,46)(H,47,48,49)(H,50,51,52)/b34-32+,35-33+. The molecule has 0 saturated heterocycles. The van der Waals surface area contributed by atoms with Crippen molar-refractivity contribution in [3.8, 4) is 17.2 Å².